The Labute approximate surface area is 200 Å². The van der Waals surface area contributed by atoms with Crippen molar-refractivity contribution in [3.63, 3.8) is 0 Å². The van der Waals surface area contributed by atoms with Gasteiger partial charge in [-0.1, -0.05) is 18.2 Å². The highest BCUT2D eigenvalue weighted by Crippen LogP contribution is 2.35. The van der Waals surface area contributed by atoms with E-state index in [1.807, 2.05) is 35.0 Å². The van der Waals surface area contributed by atoms with E-state index in [2.05, 4.69) is 43.5 Å². The number of ether oxygens (including phenoxy) is 3. The van der Waals surface area contributed by atoms with Crippen LogP contribution in [-0.2, 0) is 11.3 Å². The van der Waals surface area contributed by atoms with Crippen LogP contribution in [0, 0.1) is 0 Å². The molecular formula is C25H32N6O3. The fraction of sp³-hybridized carbons (Fsp3) is 0.480. The van der Waals surface area contributed by atoms with Gasteiger partial charge in [-0.15, -0.1) is 5.10 Å². The van der Waals surface area contributed by atoms with Crippen molar-refractivity contribution in [1.82, 2.24) is 25.1 Å². The first-order valence-electron chi connectivity index (χ1n) is 11.9. The number of methoxy groups -OCH3 is 2. The molecule has 0 saturated carbocycles. The summed E-state index contributed by atoms with van der Waals surface area (Å²) in [5, 5.41) is 12.9. The summed E-state index contributed by atoms with van der Waals surface area (Å²) < 4.78 is 18.8. The SMILES string of the molecule is COc1ccc(N2CCN(C(c3ccccc3OC)c3nnnn3CC3CCCO3)CC2)cc1. The van der Waals surface area contributed by atoms with Gasteiger partial charge in [-0.05, 0) is 53.6 Å². The first-order valence-corrected chi connectivity index (χ1v) is 11.9. The van der Waals surface area contributed by atoms with Crippen molar-refractivity contribution >= 4 is 5.69 Å². The van der Waals surface area contributed by atoms with Gasteiger partial charge in [0.2, 0.25) is 0 Å². The van der Waals surface area contributed by atoms with Crippen LogP contribution >= 0.6 is 0 Å². The van der Waals surface area contributed by atoms with Crippen molar-refractivity contribution in [2.24, 2.45) is 0 Å². The molecule has 9 heteroatoms. The Hall–Kier alpha value is -3.17. The van der Waals surface area contributed by atoms with E-state index in [0.717, 1.165) is 68.5 Å². The van der Waals surface area contributed by atoms with Crippen LogP contribution in [0.2, 0.25) is 0 Å². The number of nitrogens with zero attached hydrogens (tertiary/aromatic N) is 6. The van der Waals surface area contributed by atoms with E-state index in [4.69, 9.17) is 14.2 Å². The van der Waals surface area contributed by atoms with Crippen LogP contribution < -0.4 is 14.4 Å². The van der Waals surface area contributed by atoms with Crippen molar-refractivity contribution in [3.05, 3.63) is 59.9 Å². The zero-order valence-corrected chi connectivity index (χ0v) is 19.8. The van der Waals surface area contributed by atoms with E-state index in [-0.39, 0.29) is 12.1 Å². The molecule has 0 aliphatic carbocycles. The summed E-state index contributed by atoms with van der Waals surface area (Å²) in [6.45, 7) is 5.05. The maximum Gasteiger partial charge on any atom is 0.173 e. The lowest BCUT2D eigenvalue weighted by Gasteiger charge is -2.40. The van der Waals surface area contributed by atoms with Crippen LogP contribution in [0.4, 0.5) is 5.69 Å². The molecule has 2 unspecified atom stereocenters. The van der Waals surface area contributed by atoms with Crippen molar-refractivity contribution in [2.45, 2.75) is 31.5 Å². The number of piperazine rings is 1. The Bertz CT molecular complexity index is 1060. The van der Waals surface area contributed by atoms with Crippen LogP contribution in [0.15, 0.2) is 48.5 Å². The minimum absolute atomic E-state index is 0.106. The van der Waals surface area contributed by atoms with E-state index < -0.39 is 0 Å². The fourth-order valence-corrected chi connectivity index (χ4v) is 4.94. The van der Waals surface area contributed by atoms with E-state index in [9.17, 15) is 0 Å². The molecule has 1 aromatic heterocycles. The molecule has 0 spiro atoms. The maximum absolute atomic E-state index is 5.87. The third kappa shape index (κ3) is 4.71. The van der Waals surface area contributed by atoms with Crippen molar-refractivity contribution in [1.29, 1.82) is 0 Å². The molecule has 3 aromatic rings. The Morgan fingerprint density at radius 1 is 1.00 bits per heavy atom. The van der Waals surface area contributed by atoms with E-state index in [0.29, 0.717) is 6.54 Å². The second-order valence-electron chi connectivity index (χ2n) is 8.72. The Balaban J connectivity index is 1.40. The molecule has 180 valence electrons. The largest absolute Gasteiger partial charge is 0.497 e. The normalized spacial score (nSPS) is 19.8. The molecule has 0 bridgehead atoms. The number of rotatable bonds is 8. The molecule has 5 rings (SSSR count). The number of para-hydroxylation sites is 1. The average Bonchev–Trinajstić information content (AvgIpc) is 3.58. The summed E-state index contributed by atoms with van der Waals surface area (Å²) in [5.74, 6) is 2.55. The molecule has 0 amide bonds. The van der Waals surface area contributed by atoms with Crippen molar-refractivity contribution in [3.8, 4) is 11.5 Å². The van der Waals surface area contributed by atoms with Crippen molar-refractivity contribution < 1.29 is 14.2 Å². The lowest BCUT2D eigenvalue weighted by atomic mass is 10.0. The van der Waals surface area contributed by atoms with Crippen molar-refractivity contribution in [2.75, 3.05) is 51.9 Å². The molecule has 2 aliphatic heterocycles. The molecule has 2 saturated heterocycles. The van der Waals surface area contributed by atoms with Gasteiger partial charge in [0.25, 0.3) is 0 Å². The number of tetrazole rings is 1. The summed E-state index contributed by atoms with van der Waals surface area (Å²) >= 11 is 0. The molecule has 3 heterocycles. The number of aromatic nitrogens is 4. The molecule has 0 radical (unpaired) electrons. The average molecular weight is 465 g/mol. The monoisotopic (exact) mass is 464 g/mol. The lowest BCUT2D eigenvalue weighted by Crippen LogP contribution is -2.48. The highest BCUT2D eigenvalue weighted by molar-refractivity contribution is 5.49. The first-order chi connectivity index (χ1) is 16.8. The van der Waals surface area contributed by atoms with Gasteiger partial charge in [-0.2, -0.15) is 0 Å². The Morgan fingerprint density at radius 3 is 2.50 bits per heavy atom. The van der Waals surface area contributed by atoms with Gasteiger partial charge in [0.15, 0.2) is 5.82 Å². The van der Waals surface area contributed by atoms with Crippen LogP contribution in [0.3, 0.4) is 0 Å². The minimum Gasteiger partial charge on any atom is -0.497 e. The van der Waals surface area contributed by atoms with Gasteiger partial charge in [-0.3, -0.25) is 4.90 Å². The Morgan fingerprint density at radius 2 is 1.79 bits per heavy atom. The van der Waals surface area contributed by atoms with Gasteiger partial charge in [-0.25, -0.2) is 4.68 Å². The molecule has 2 atom stereocenters. The van der Waals surface area contributed by atoms with Gasteiger partial charge in [0, 0.05) is 44.0 Å². The number of benzene rings is 2. The summed E-state index contributed by atoms with van der Waals surface area (Å²) in [6, 6.07) is 16.3. The van der Waals surface area contributed by atoms with E-state index >= 15 is 0 Å². The molecule has 2 aliphatic rings. The van der Waals surface area contributed by atoms with Gasteiger partial charge in [0.1, 0.15) is 17.5 Å². The summed E-state index contributed by atoms with van der Waals surface area (Å²) in [4.78, 5) is 4.86. The maximum atomic E-state index is 5.87. The zero-order chi connectivity index (χ0) is 23.3. The van der Waals surface area contributed by atoms with Crippen LogP contribution in [-0.4, -0.2) is 78.2 Å². The first kappa shape index (κ1) is 22.6. The van der Waals surface area contributed by atoms with Crippen LogP contribution in [0.25, 0.3) is 0 Å². The van der Waals surface area contributed by atoms with E-state index in [1.54, 1.807) is 14.2 Å². The quantitative estimate of drug-likeness (QED) is 0.504. The second kappa shape index (κ2) is 10.4. The molecule has 2 aromatic carbocycles. The van der Waals surface area contributed by atoms with Gasteiger partial charge in [0.05, 0.1) is 26.9 Å². The van der Waals surface area contributed by atoms with Crippen LogP contribution in [0.5, 0.6) is 11.5 Å². The summed E-state index contributed by atoms with van der Waals surface area (Å²) in [6.07, 6.45) is 2.29. The number of hydrogen-bond acceptors (Lipinski definition) is 8. The number of anilines is 1. The second-order valence-corrected chi connectivity index (χ2v) is 8.72. The molecule has 0 N–H and O–H groups in total. The minimum atomic E-state index is -0.106. The lowest BCUT2D eigenvalue weighted by molar-refractivity contribution is 0.0906. The molecule has 34 heavy (non-hydrogen) atoms. The highest BCUT2D eigenvalue weighted by atomic mass is 16.5. The van der Waals surface area contributed by atoms with Crippen LogP contribution in [0.1, 0.15) is 30.3 Å². The predicted molar refractivity (Wildman–Crippen MR) is 128 cm³/mol. The van der Waals surface area contributed by atoms with Gasteiger partial charge >= 0.3 is 0 Å². The number of hydrogen-bond donors (Lipinski definition) is 0. The van der Waals surface area contributed by atoms with E-state index in [1.165, 1.54) is 5.69 Å². The third-order valence-electron chi connectivity index (χ3n) is 6.76. The topological polar surface area (TPSA) is 77.8 Å². The smallest absolute Gasteiger partial charge is 0.173 e. The Kier molecular flexibility index (Phi) is 6.92. The molecular weight excluding hydrogens is 432 g/mol. The molecule has 2 fully saturated rings. The standard InChI is InChI=1S/C25H32N6O3/c1-32-20-11-9-19(10-12-20)29-13-15-30(16-14-29)24(22-7-3-4-8-23(22)33-2)25-26-27-28-31(25)18-21-6-5-17-34-21/h3-4,7-12,21,24H,5-6,13-18H2,1-2H3. The van der Waals surface area contributed by atoms with Gasteiger partial charge < -0.3 is 19.1 Å². The fourth-order valence-electron chi connectivity index (χ4n) is 4.94. The highest BCUT2D eigenvalue weighted by Gasteiger charge is 2.33. The summed E-state index contributed by atoms with van der Waals surface area (Å²) in [5.41, 5.74) is 2.28. The zero-order valence-electron chi connectivity index (χ0n) is 19.8. The third-order valence-corrected chi connectivity index (χ3v) is 6.76. The predicted octanol–water partition coefficient (Wildman–Crippen LogP) is 2.78. The summed E-state index contributed by atoms with van der Waals surface area (Å²) in [7, 11) is 3.41. The molecule has 9 nitrogen and oxygen atoms in total.